The molecule has 1 saturated carbocycles. The molecule has 0 unspecified atom stereocenters. The third kappa shape index (κ3) is 3.36. The quantitative estimate of drug-likeness (QED) is 0.894. The zero-order chi connectivity index (χ0) is 15.5. The molecule has 116 valence electrons. The third-order valence-electron chi connectivity index (χ3n) is 4.75. The molecule has 3 nitrogen and oxygen atoms in total. The Morgan fingerprint density at radius 1 is 1.38 bits per heavy atom. The molecule has 1 fully saturated rings. The van der Waals surface area contributed by atoms with Gasteiger partial charge in [0.15, 0.2) is 0 Å². The van der Waals surface area contributed by atoms with Crippen molar-refractivity contribution in [2.45, 2.75) is 39.5 Å². The van der Waals surface area contributed by atoms with E-state index in [1.54, 1.807) is 18.2 Å². The molecular weight excluding hydrogens is 269 g/mol. The van der Waals surface area contributed by atoms with Gasteiger partial charge in [-0.2, -0.15) is 0 Å². The van der Waals surface area contributed by atoms with Gasteiger partial charge in [0.05, 0.1) is 11.1 Å². The Hall–Kier alpha value is -1.58. The van der Waals surface area contributed by atoms with E-state index < -0.39 is 11.4 Å². The van der Waals surface area contributed by atoms with Crippen molar-refractivity contribution in [3.05, 3.63) is 30.1 Å². The van der Waals surface area contributed by atoms with Gasteiger partial charge in [-0.3, -0.25) is 4.79 Å². The fraction of sp³-hybridized carbons (Fsp3) is 0.588. The van der Waals surface area contributed by atoms with Crippen LogP contribution in [0.1, 0.15) is 39.5 Å². The fourth-order valence-electron chi connectivity index (χ4n) is 3.20. The number of hydrogen-bond acceptors (Lipinski definition) is 2. The highest BCUT2D eigenvalue weighted by atomic mass is 19.1. The Bertz CT molecular complexity index is 495. The Morgan fingerprint density at radius 2 is 2.00 bits per heavy atom. The summed E-state index contributed by atoms with van der Waals surface area (Å²) in [6, 6.07) is 6.59. The van der Waals surface area contributed by atoms with Crippen molar-refractivity contribution in [3.8, 4) is 0 Å². The van der Waals surface area contributed by atoms with Gasteiger partial charge in [-0.1, -0.05) is 19.1 Å². The molecule has 1 aliphatic carbocycles. The van der Waals surface area contributed by atoms with E-state index in [2.05, 4.69) is 6.92 Å². The first kappa shape index (κ1) is 15.8. The number of benzene rings is 1. The highest BCUT2D eigenvalue weighted by molar-refractivity contribution is 5.76. The largest absolute Gasteiger partial charge is 0.481 e. The molecule has 0 saturated heterocycles. The van der Waals surface area contributed by atoms with Gasteiger partial charge < -0.3 is 10.0 Å². The molecule has 1 N–H and O–H groups in total. The number of carboxylic acid groups (broad SMARTS) is 1. The molecular formula is C17H24FNO2. The summed E-state index contributed by atoms with van der Waals surface area (Å²) in [6.07, 6.45) is 3.21. The van der Waals surface area contributed by atoms with Crippen LogP contribution in [0.15, 0.2) is 24.3 Å². The number of anilines is 1. The molecule has 0 spiro atoms. The summed E-state index contributed by atoms with van der Waals surface area (Å²) in [5.74, 6) is -0.450. The van der Waals surface area contributed by atoms with E-state index in [0.29, 0.717) is 37.5 Å². The standard InChI is InChI=1S/C17H24FNO2/c1-3-19(15-7-5-4-6-14(15)18)12-17(16(20)21)10-8-13(2)9-11-17/h4-7,13H,3,8-12H2,1-2H3,(H,20,21). The monoisotopic (exact) mass is 293 g/mol. The fourth-order valence-corrected chi connectivity index (χ4v) is 3.20. The maximum atomic E-state index is 14.0. The molecule has 1 aliphatic rings. The number of nitrogens with zero attached hydrogens (tertiary/aromatic N) is 1. The van der Waals surface area contributed by atoms with Crippen molar-refractivity contribution >= 4 is 11.7 Å². The minimum absolute atomic E-state index is 0.288. The van der Waals surface area contributed by atoms with Crippen LogP contribution in [0.4, 0.5) is 10.1 Å². The molecule has 0 amide bonds. The topological polar surface area (TPSA) is 40.5 Å². The molecule has 21 heavy (non-hydrogen) atoms. The number of hydrogen-bond donors (Lipinski definition) is 1. The first-order valence-electron chi connectivity index (χ1n) is 7.71. The van der Waals surface area contributed by atoms with E-state index in [9.17, 15) is 14.3 Å². The van der Waals surface area contributed by atoms with E-state index in [0.717, 1.165) is 12.8 Å². The number of carboxylic acids is 1. The van der Waals surface area contributed by atoms with Crippen LogP contribution in [0.3, 0.4) is 0 Å². The molecule has 0 bridgehead atoms. The maximum Gasteiger partial charge on any atom is 0.311 e. The lowest BCUT2D eigenvalue weighted by molar-refractivity contribution is -0.150. The maximum absolute atomic E-state index is 14.0. The Balaban J connectivity index is 2.23. The number of rotatable bonds is 5. The summed E-state index contributed by atoms with van der Waals surface area (Å²) in [6.45, 7) is 5.09. The molecule has 2 rings (SSSR count). The molecule has 0 heterocycles. The summed E-state index contributed by atoms with van der Waals surface area (Å²) in [4.78, 5) is 13.7. The molecule has 0 atom stereocenters. The van der Waals surface area contributed by atoms with Crippen molar-refractivity contribution in [1.82, 2.24) is 0 Å². The van der Waals surface area contributed by atoms with E-state index in [4.69, 9.17) is 0 Å². The van der Waals surface area contributed by atoms with Gasteiger partial charge in [0.25, 0.3) is 0 Å². The van der Waals surface area contributed by atoms with Gasteiger partial charge in [0.2, 0.25) is 0 Å². The smallest absolute Gasteiger partial charge is 0.311 e. The minimum atomic E-state index is -0.746. The predicted octanol–water partition coefficient (Wildman–Crippen LogP) is 3.93. The molecule has 0 aliphatic heterocycles. The molecule has 4 heteroatoms. The molecule has 1 aromatic rings. The summed E-state index contributed by atoms with van der Waals surface area (Å²) >= 11 is 0. The van der Waals surface area contributed by atoms with Crippen LogP contribution < -0.4 is 4.90 Å². The first-order valence-corrected chi connectivity index (χ1v) is 7.71. The van der Waals surface area contributed by atoms with Crippen molar-refractivity contribution in [2.75, 3.05) is 18.0 Å². The first-order chi connectivity index (χ1) is 9.98. The van der Waals surface area contributed by atoms with Crippen molar-refractivity contribution in [1.29, 1.82) is 0 Å². The van der Waals surface area contributed by atoms with Crippen LogP contribution >= 0.6 is 0 Å². The average Bonchev–Trinajstić information content (AvgIpc) is 2.48. The minimum Gasteiger partial charge on any atom is -0.481 e. The summed E-state index contributed by atoms with van der Waals surface area (Å²) in [5, 5.41) is 9.72. The lowest BCUT2D eigenvalue weighted by Crippen LogP contribution is -2.45. The number of aliphatic carboxylic acids is 1. The van der Waals surface area contributed by atoms with Crippen LogP contribution in [0, 0.1) is 17.2 Å². The van der Waals surface area contributed by atoms with E-state index in [-0.39, 0.29) is 5.82 Å². The lowest BCUT2D eigenvalue weighted by atomic mass is 9.70. The van der Waals surface area contributed by atoms with Crippen LogP contribution in [0.2, 0.25) is 0 Å². The highest BCUT2D eigenvalue weighted by Gasteiger charge is 2.42. The number of halogens is 1. The van der Waals surface area contributed by atoms with E-state index >= 15 is 0 Å². The molecule has 0 aromatic heterocycles. The van der Waals surface area contributed by atoms with Gasteiger partial charge >= 0.3 is 5.97 Å². The lowest BCUT2D eigenvalue weighted by Gasteiger charge is -2.40. The van der Waals surface area contributed by atoms with Crippen LogP contribution in [-0.2, 0) is 4.79 Å². The summed E-state index contributed by atoms with van der Waals surface area (Å²) in [7, 11) is 0. The normalized spacial score (nSPS) is 25.6. The predicted molar refractivity (Wildman–Crippen MR) is 82.0 cm³/mol. The highest BCUT2D eigenvalue weighted by Crippen LogP contribution is 2.40. The summed E-state index contributed by atoms with van der Waals surface area (Å²) in [5.41, 5.74) is -0.246. The van der Waals surface area contributed by atoms with Gasteiger partial charge in [0.1, 0.15) is 5.82 Å². The van der Waals surface area contributed by atoms with Crippen LogP contribution in [0.5, 0.6) is 0 Å². The average molecular weight is 293 g/mol. The number of para-hydroxylation sites is 1. The van der Waals surface area contributed by atoms with Crippen molar-refractivity contribution in [3.63, 3.8) is 0 Å². The SMILES string of the molecule is CCN(CC1(C(=O)O)CCC(C)CC1)c1ccccc1F. The van der Waals surface area contributed by atoms with Gasteiger partial charge in [0, 0.05) is 13.1 Å². The Kier molecular flexibility index (Phi) is 4.86. The van der Waals surface area contributed by atoms with Gasteiger partial charge in [-0.05, 0) is 50.7 Å². The van der Waals surface area contributed by atoms with Gasteiger partial charge in [-0.15, -0.1) is 0 Å². The Morgan fingerprint density at radius 3 is 2.52 bits per heavy atom. The molecule has 0 radical (unpaired) electrons. The Labute approximate surface area is 125 Å². The van der Waals surface area contributed by atoms with Crippen LogP contribution in [-0.4, -0.2) is 24.2 Å². The third-order valence-corrected chi connectivity index (χ3v) is 4.75. The zero-order valence-electron chi connectivity index (χ0n) is 12.8. The second-order valence-electron chi connectivity index (χ2n) is 6.23. The zero-order valence-corrected chi connectivity index (χ0v) is 12.8. The second kappa shape index (κ2) is 6.46. The van der Waals surface area contributed by atoms with Crippen molar-refractivity contribution in [2.24, 2.45) is 11.3 Å². The van der Waals surface area contributed by atoms with Crippen LogP contribution in [0.25, 0.3) is 0 Å². The van der Waals surface area contributed by atoms with Gasteiger partial charge in [-0.25, -0.2) is 4.39 Å². The van der Waals surface area contributed by atoms with Crippen molar-refractivity contribution < 1.29 is 14.3 Å². The van der Waals surface area contributed by atoms with E-state index in [1.165, 1.54) is 6.07 Å². The molecule has 1 aromatic carbocycles. The second-order valence-corrected chi connectivity index (χ2v) is 6.23. The van der Waals surface area contributed by atoms with E-state index in [1.807, 2.05) is 11.8 Å². The summed E-state index contributed by atoms with van der Waals surface area (Å²) < 4.78 is 14.0. The number of carbonyl (C=O) groups is 1.